The van der Waals surface area contributed by atoms with Crippen LogP contribution in [0.3, 0.4) is 0 Å². The zero-order chi connectivity index (χ0) is 9.98. The molecule has 12 heavy (non-hydrogen) atoms. The summed E-state index contributed by atoms with van der Waals surface area (Å²) in [6.07, 6.45) is 1.64. The number of rotatable bonds is 0. The largest absolute Gasteiger partial charge is 0.400 e. The molecule has 2 nitrogen and oxygen atoms in total. The molecular weight excluding hydrogens is 174 g/mol. The molecule has 0 fully saturated rings. The summed E-state index contributed by atoms with van der Waals surface area (Å²) >= 11 is 5.55. The smallest absolute Gasteiger partial charge is 0.0589 e. The van der Waals surface area contributed by atoms with Crippen LogP contribution >= 0.6 is 11.6 Å². The number of hydrogen-bond donors (Lipinski definition) is 1. The van der Waals surface area contributed by atoms with Gasteiger partial charge in [0.2, 0.25) is 0 Å². The molecule has 0 aliphatic carbocycles. The molecule has 0 radical (unpaired) electrons. The summed E-state index contributed by atoms with van der Waals surface area (Å²) in [5.41, 5.74) is 0.995. The molecule has 0 aliphatic rings. The van der Waals surface area contributed by atoms with Gasteiger partial charge in [-0.05, 0) is 19.1 Å². The molecule has 0 spiro atoms. The van der Waals surface area contributed by atoms with Gasteiger partial charge < -0.3 is 5.11 Å². The van der Waals surface area contributed by atoms with Gasteiger partial charge in [-0.3, -0.25) is 4.98 Å². The number of aliphatic hydroxyl groups excluding tert-OH is 1. The number of aliphatic hydroxyl groups is 1. The van der Waals surface area contributed by atoms with Crippen molar-refractivity contribution in [2.45, 2.75) is 20.8 Å². The van der Waals surface area contributed by atoms with Gasteiger partial charge >= 0.3 is 0 Å². The molecule has 0 bridgehead atoms. The lowest BCUT2D eigenvalue weighted by Gasteiger charge is -1.87. The Bertz CT molecular complexity index is 153. The molecule has 0 saturated carbocycles. The van der Waals surface area contributed by atoms with E-state index in [9.17, 15) is 0 Å². The van der Waals surface area contributed by atoms with Gasteiger partial charge in [-0.1, -0.05) is 25.4 Å². The van der Waals surface area contributed by atoms with Gasteiger partial charge in [0.05, 0.1) is 5.02 Å². The molecule has 0 saturated heterocycles. The van der Waals surface area contributed by atoms with Gasteiger partial charge in [-0.25, -0.2) is 0 Å². The highest BCUT2D eigenvalue weighted by Crippen LogP contribution is 2.04. The molecule has 1 N–H and O–H groups in total. The van der Waals surface area contributed by atoms with Crippen LogP contribution in [0.2, 0.25) is 5.02 Å². The van der Waals surface area contributed by atoms with Crippen molar-refractivity contribution >= 4 is 11.6 Å². The highest BCUT2D eigenvalue weighted by Gasteiger charge is 1.83. The number of aromatic nitrogens is 1. The summed E-state index contributed by atoms with van der Waals surface area (Å²) in [5.74, 6) is 0. The van der Waals surface area contributed by atoms with Crippen LogP contribution < -0.4 is 0 Å². The minimum atomic E-state index is 0.690. The Balaban J connectivity index is 0. The van der Waals surface area contributed by atoms with E-state index < -0.39 is 0 Å². The first kappa shape index (κ1) is 14.0. The summed E-state index contributed by atoms with van der Waals surface area (Å²) in [5, 5.41) is 7.69. The normalized spacial score (nSPS) is 7.17. The number of nitrogens with zero attached hydrogens (tertiary/aromatic N) is 1. The summed E-state index contributed by atoms with van der Waals surface area (Å²) in [4.78, 5) is 3.95. The second kappa shape index (κ2) is 10.4. The van der Waals surface area contributed by atoms with Crippen molar-refractivity contribution in [3.8, 4) is 0 Å². The number of pyridine rings is 1. The molecule has 0 unspecified atom stereocenters. The predicted octanol–water partition coefficient (Wildman–Crippen LogP) is 2.68. The third kappa shape index (κ3) is 7.51. The third-order valence-corrected chi connectivity index (χ3v) is 1.10. The highest BCUT2D eigenvalue weighted by molar-refractivity contribution is 6.30. The number of hydrogen-bond acceptors (Lipinski definition) is 2. The monoisotopic (exact) mass is 189 g/mol. The van der Waals surface area contributed by atoms with Crippen molar-refractivity contribution in [2.24, 2.45) is 0 Å². The van der Waals surface area contributed by atoms with E-state index in [-0.39, 0.29) is 0 Å². The van der Waals surface area contributed by atoms with Crippen LogP contribution in [0.15, 0.2) is 18.3 Å². The van der Waals surface area contributed by atoms with Crippen LogP contribution in [0, 0.1) is 6.92 Å². The standard InChI is InChI=1S/C6H6ClN.C2H6.CH4O/c1-5-2-3-6(7)4-8-5;2*1-2/h2-4H,1H3;1-2H3;2H,1H3. The number of aryl methyl sites for hydroxylation is 1. The van der Waals surface area contributed by atoms with Crippen molar-refractivity contribution in [2.75, 3.05) is 7.11 Å². The topological polar surface area (TPSA) is 33.1 Å². The van der Waals surface area contributed by atoms with E-state index >= 15 is 0 Å². The fourth-order valence-electron chi connectivity index (χ4n) is 0.450. The third-order valence-electron chi connectivity index (χ3n) is 0.875. The number of halogens is 1. The van der Waals surface area contributed by atoms with Crippen molar-refractivity contribution < 1.29 is 5.11 Å². The fraction of sp³-hybridized carbons (Fsp3) is 0.444. The lowest BCUT2D eigenvalue weighted by molar-refractivity contribution is 0.399. The molecule has 0 aliphatic heterocycles. The van der Waals surface area contributed by atoms with Crippen LogP contribution in [0.25, 0.3) is 0 Å². The first-order valence-corrected chi connectivity index (χ1v) is 4.20. The lowest BCUT2D eigenvalue weighted by Crippen LogP contribution is -1.75. The van der Waals surface area contributed by atoms with E-state index in [0.717, 1.165) is 12.8 Å². The van der Waals surface area contributed by atoms with Crippen LogP contribution in [0.4, 0.5) is 0 Å². The highest BCUT2D eigenvalue weighted by atomic mass is 35.5. The molecule has 0 atom stereocenters. The van der Waals surface area contributed by atoms with Crippen molar-refractivity contribution in [3.63, 3.8) is 0 Å². The lowest BCUT2D eigenvalue weighted by atomic mass is 10.4. The molecule has 1 rings (SSSR count). The molecular formula is C9H16ClNO. The van der Waals surface area contributed by atoms with Gasteiger partial charge in [0.25, 0.3) is 0 Å². The summed E-state index contributed by atoms with van der Waals surface area (Å²) in [6.45, 7) is 5.93. The summed E-state index contributed by atoms with van der Waals surface area (Å²) in [6, 6.07) is 3.70. The Labute approximate surface area is 79.2 Å². The van der Waals surface area contributed by atoms with Crippen LogP contribution in [0.5, 0.6) is 0 Å². The van der Waals surface area contributed by atoms with Gasteiger partial charge in [0, 0.05) is 19.0 Å². The van der Waals surface area contributed by atoms with Gasteiger partial charge in [-0.15, -0.1) is 0 Å². The van der Waals surface area contributed by atoms with E-state index in [2.05, 4.69) is 4.98 Å². The van der Waals surface area contributed by atoms with Crippen LogP contribution in [-0.2, 0) is 0 Å². The minimum absolute atomic E-state index is 0.690. The van der Waals surface area contributed by atoms with Gasteiger partial charge in [0.1, 0.15) is 0 Å². The Morgan fingerprint density at radius 1 is 1.25 bits per heavy atom. The molecule has 70 valence electrons. The Kier molecular flexibility index (Phi) is 12.1. The van der Waals surface area contributed by atoms with E-state index in [0.29, 0.717) is 5.02 Å². The van der Waals surface area contributed by atoms with Crippen LogP contribution in [0.1, 0.15) is 19.5 Å². The zero-order valence-electron chi connectivity index (χ0n) is 8.00. The minimum Gasteiger partial charge on any atom is -0.400 e. The molecule has 1 aromatic heterocycles. The SMILES string of the molecule is CC.CO.Cc1ccc(Cl)cn1. The second-order valence-electron chi connectivity index (χ2n) is 1.62. The van der Waals surface area contributed by atoms with Gasteiger partial charge in [0.15, 0.2) is 0 Å². The zero-order valence-corrected chi connectivity index (χ0v) is 8.76. The molecule has 0 aromatic carbocycles. The van der Waals surface area contributed by atoms with Gasteiger partial charge in [-0.2, -0.15) is 0 Å². The average molecular weight is 190 g/mol. The Morgan fingerprint density at radius 2 is 1.75 bits per heavy atom. The van der Waals surface area contributed by atoms with Crippen molar-refractivity contribution in [1.82, 2.24) is 4.98 Å². The Hall–Kier alpha value is -0.600. The molecule has 0 amide bonds. The quantitative estimate of drug-likeness (QED) is 0.681. The van der Waals surface area contributed by atoms with E-state index in [1.807, 2.05) is 32.9 Å². The summed E-state index contributed by atoms with van der Waals surface area (Å²) < 4.78 is 0. The second-order valence-corrected chi connectivity index (χ2v) is 2.05. The maximum Gasteiger partial charge on any atom is 0.0589 e. The Morgan fingerprint density at radius 3 is 2.00 bits per heavy atom. The summed E-state index contributed by atoms with van der Waals surface area (Å²) in [7, 11) is 1.00. The molecule has 3 heteroatoms. The van der Waals surface area contributed by atoms with Crippen molar-refractivity contribution in [3.05, 3.63) is 29.0 Å². The molecule has 1 heterocycles. The van der Waals surface area contributed by atoms with Crippen molar-refractivity contribution in [1.29, 1.82) is 0 Å². The maximum absolute atomic E-state index is 7.00. The first-order valence-electron chi connectivity index (χ1n) is 3.82. The predicted molar refractivity (Wildman–Crippen MR) is 53.5 cm³/mol. The van der Waals surface area contributed by atoms with E-state index in [1.54, 1.807) is 6.20 Å². The van der Waals surface area contributed by atoms with E-state index in [4.69, 9.17) is 16.7 Å². The van der Waals surface area contributed by atoms with Crippen LogP contribution in [-0.4, -0.2) is 17.2 Å². The average Bonchev–Trinajstić information content (AvgIpc) is 2.17. The van der Waals surface area contributed by atoms with E-state index in [1.165, 1.54) is 0 Å². The molecule has 1 aromatic rings. The maximum atomic E-state index is 7.00. The fourth-order valence-corrected chi connectivity index (χ4v) is 0.562. The first-order chi connectivity index (χ1) is 5.79.